The zero-order valence-corrected chi connectivity index (χ0v) is 10.0. The zero-order chi connectivity index (χ0) is 12.5. The highest BCUT2D eigenvalue weighted by atomic mass is 16.6. The Kier molecular flexibility index (Phi) is 2.76. The Morgan fingerprint density at radius 1 is 1.28 bits per heavy atom. The van der Waals surface area contributed by atoms with E-state index in [1.165, 1.54) is 0 Å². The summed E-state index contributed by atoms with van der Waals surface area (Å²) in [5.41, 5.74) is 1.25. The third-order valence-corrected chi connectivity index (χ3v) is 3.62. The third kappa shape index (κ3) is 1.86. The predicted octanol–water partition coefficient (Wildman–Crippen LogP) is 2.47. The number of aromatic nitrogens is 1. The largest absolute Gasteiger partial charge is 0.344 e. The Bertz CT molecular complexity index is 585. The summed E-state index contributed by atoms with van der Waals surface area (Å²) in [6.07, 6.45) is 4.27. The molecule has 1 aliphatic rings. The van der Waals surface area contributed by atoms with Gasteiger partial charge in [0.2, 0.25) is 0 Å². The van der Waals surface area contributed by atoms with E-state index in [2.05, 4.69) is 9.88 Å². The van der Waals surface area contributed by atoms with Crippen LogP contribution in [0.3, 0.4) is 0 Å². The minimum absolute atomic E-state index is 0.158. The molecule has 5 heteroatoms. The minimum Gasteiger partial charge on any atom is -0.344 e. The van der Waals surface area contributed by atoms with E-state index in [0.717, 1.165) is 36.8 Å². The number of hydrogen-bond acceptors (Lipinski definition) is 3. The van der Waals surface area contributed by atoms with Crippen molar-refractivity contribution < 1.29 is 4.92 Å². The second-order valence-electron chi connectivity index (χ2n) is 4.70. The van der Waals surface area contributed by atoms with Gasteiger partial charge in [0.15, 0.2) is 0 Å². The summed E-state index contributed by atoms with van der Waals surface area (Å²) in [5.74, 6) is 0. The highest BCUT2D eigenvalue weighted by molar-refractivity contribution is 5.82. The summed E-state index contributed by atoms with van der Waals surface area (Å²) < 4.78 is 2.25. The van der Waals surface area contributed by atoms with Crippen molar-refractivity contribution in [3.05, 3.63) is 40.6 Å². The first kappa shape index (κ1) is 11.2. The Morgan fingerprint density at radius 3 is 2.78 bits per heavy atom. The van der Waals surface area contributed by atoms with Gasteiger partial charge in [-0.25, -0.2) is 0 Å². The SMILES string of the molecule is O=[N+]([O-])c1ccc2c(ccn2C2CCNCC2)c1. The molecule has 0 radical (unpaired) electrons. The van der Waals surface area contributed by atoms with E-state index in [4.69, 9.17) is 0 Å². The van der Waals surface area contributed by atoms with E-state index < -0.39 is 0 Å². The number of nitro groups is 1. The van der Waals surface area contributed by atoms with Crippen molar-refractivity contribution in [2.45, 2.75) is 18.9 Å². The van der Waals surface area contributed by atoms with Gasteiger partial charge in [-0.1, -0.05) is 0 Å². The molecule has 0 saturated carbocycles. The van der Waals surface area contributed by atoms with Gasteiger partial charge >= 0.3 is 0 Å². The van der Waals surface area contributed by atoms with Crippen molar-refractivity contribution in [1.29, 1.82) is 0 Å². The molecule has 2 aromatic rings. The van der Waals surface area contributed by atoms with Crippen LogP contribution in [-0.4, -0.2) is 22.6 Å². The van der Waals surface area contributed by atoms with Crippen molar-refractivity contribution in [1.82, 2.24) is 9.88 Å². The maximum Gasteiger partial charge on any atom is 0.270 e. The lowest BCUT2D eigenvalue weighted by molar-refractivity contribution is -0.384. The monoisotopic (exact) mass is 245 g/mol. The first-order valence-electron chi connectivity index (χ1n) is 6.21. The van der Waals surface area contributed by atoms with Crippen molar-refractivity contribution in [3.63, 3.8) is 0 Å². The molecule has 3 rings (SSSR count). The van der Waals surface area contributed by atoms with Crippen LogP contribution in [0.15, 0.2) is 30.5 Å². The fourth-order valence-electron chi connectivity index (χ4n) is 2.67. The number of benzene rings is 1. The van der Waals surface area contributed by atoms with Crippen LogP contribution in [0.1, 0.15) is 18.9 Å². The first-order chi connectivity index (χ1) is 8.75. The normalized spacial score (nSPS) is 17.1. The van der Waals surface area contributed by atoms with Gasteiger partial charge in [-0.3, -0.25) is 10.1 Å². The zero-order valence-electron chi connectivity index (χ0n) is 10.0. The maximum atomic E-state index is 10.7. The highest BCUT2D eigenvalue weighted by Gasteiger charge is 2.17. The lowest BCUT2D eigenvalue weighted by Crippen LogP contribution is -2.29. The predicted molar refractivity (Wildman–Crippen MR) is 69.7 cm³/mol. The molecule has 0 aliphatic carbocycles. The molecule has 0 unspecified atom stereocenters. The Balaban J connectivity index is 2.01. The van der Waals surface area contributed by atoms with Crippen LogP contribution in [0, 0.1) is 10.1 Å². The lowest BCUT2D eigenvalue weighted by atomic mass is 10.1. The molecule has 1 aromatic heterocycles. The molecule has 1 aliphatic heterocycles. The Morgan fingerprint density at radius 2 is 2.06 bits per heavy atom. The minimum atomic E-state index is -0.346. The van der Waals surface area contributed by atoms with E-state index in [1.54, 1.807) is 12.1 Å². The fourth-order valence-corrected chi connectivity index (χ4v) is 2.67. The van der Waals surface area contributed by atoms with E-state index in [-0.39, 0.29) is 10.6 Å². The molecule has 18 heavy (non-hydrogen) atoms. The Hall–Kier alpha value is -1.88. The van der Waals surface area contributed by atoms with Crippen molar-refractivity contribution >= 4 is 16.6 Å². The fraction of sp³-hybridized carbons (Fsp3) is 0.385. The smallest absolute Gasteiger partial charge is 0.270 e. The number of hydrogen-bond donors (Lipinski definition) is 1. The molecule has 1 fully saturated rings. The average molecular weight is 245 g/mol. The molecule has 94 valence electrons. The summed E-state index contributed by atoms with van der Waals surface area (Å²) in [6, 6.07) is 7.55. The van der Waals surface area contributed by atoms with Gasteiger partial charge in [0.25, 0.3) is 5.69 Å². The summed E-state index contributed by atoms with van der Waals surface area (Å²) in [5, 5.41) is 15.0. The molecule has 1 aromatic carbocycles. The molecule has 1 N–H and O–H groups in total. The summed E-state index contributed by atoms with van der Waals surface area (Å²) in [4.78, 5) is 10.4. The summed E-state index contributed by atoms with van der Waals surface area (Å²) >= 11 is 0. The number of nitrogens with zero attached hydrogens (tertiary/aromatic N) is 2. The molecule has 2 heterocycles. The molecular formula is C13H15N3O2. The quantitative estimate of drug-likeness (QED) is 0.653. The van der Waals surface area contributed by atoms with Gasteiger partial charge in [-0.05, 0) is 38.1 Å². The van der Waals surface area contributed by atoms with Crippen LogP contribution in [-0.2, 0) is 0 Å². The molecule has 0 spiro atoms. The van der Waals surface area contributed by atoms with Crippen LogP contribution < -0.4 is 5.32 Å². The van der Waals surface area contributed by atoms with E-state index in [1.807, 2.05) is 18.3 Å². The topological polar surface area (TPSA) is 60.1 Å². The summed E-state index contributed by atoms with van der Waals surface area (Å²) in [7, 11) is 0. The van der Waals surface area contributed by atoms with E-state index >= 15 is 0 Å². The second-order valence-corrected chi connectivity index (χ2v) is 4.70. The van der Waals surface area contributed by atoms with Crippen molar-refractivity contribution in [3.8, 4) is 0 Å². The maximum absolute atomic E-state index is 10.7. The number of non-ortho nitro benzene ring substituents is 1. The van der Waals surface area contributed by atoms with Crippen LogP contribution >= 0.6 is 0 Å². The van der Waals surface area contributed by atoms with Gasteiger partial charge < -0.3 is 9.88 Å². The second kappa shape index (κ2) is 4.42. The third-order valence-electron chi connectivity index (χ3n) is 3.62. The number of nitrogens with one attached hydrogen (secondary N) is 1. The molecule has 5 nitrogen and oxygen atoms in total. The first-order valence-corrected chi connectivity index (χ1v) is 6.21. The molecule has 0 bridgehead atoms. The van der Waals surface area contributed by atoms with Gasteiger partial charge in [-0.2, -0.15) is 0 Å². The Labute approximate surface area is 105 Å². The van der Waals surface area contributed by atoms with Crippen LogP contribution in [0.4, 0.5) is 5.69 Å². The van der Waals surface area contributed by atoms with Crippen molar-refractivity contribution in [2.24, 2.45) is 0 Å². The number of rotatable bonds is 2. The molecular weight excluding hydrogens is 230 g/mol. The van der Waals surface area contributed by atoms with Gasteiger partial charge in [0.1, 0.15) is 0 Å². The number of nitro benzene ring substituents is 1. The molecule has 0 atom stereocenters. The van der Waals surface area contributed by atoms with Gasteiger partial charge in [0.05, 0.1) is 4.92 Å². The van der Waals surface area contributed by atoms with Crippen molar-refractivity contribution in [2.75, 3.05) is 13.1 Å². The highest BCUT2D eigenvalue weighted by Crippen LogP contribution is 2.27. The van der Waals surface area contributed by atoms with E-state index in [9.17, 15) is 10.1 Å². The molecule has 1 saturated heterocycles. The summed E-state index contributed by atoms with van der Waals surface area (Å²) in [6.45, 7) is 2.08. The van der Waals surface area contributed by atoms with Gasteiger partial charge in [-0.15, -0.1) is 0 Å². The van der Waals surface area contributed by atoms with Gasteiger partial charge in [0, 0.05) is 35.3 Å². The van der Waals surface area contributed by atoms with E-state index in [0.29, 0.717) is 6.04 Å². The van der Waals surface area contributed by atoms with Crippen LogP contribution in [0.5, 0.6) is 0 Å². The molecule has 0 amide bonds. The number of piperidine rings is 1. The van der Waals surface area contributed by atoms with Crippen LogP contribution in [0.25, 0.3) is 10.9 Å². The standard InChI is InChI=1S/C13H15N3O2/c17-16(18)12-1-2-13-10(9-12)5-8-15(13)11-3-6-14-7-4-11/h1-2,5,8-9,11,14H,3-4,6-7H2. The average Bonchev–Trinajstić information content (AvgIpc) is 2.82. The van der Waals surface area contributed by atoms with Crippen LogP contribution in [0.2, 0.25) is 0 Å². The number of fused-ring (bicyclic) bond motifs is 1. The lowest BCUT2D eigenvalue weighted by Gasteiger charge is -2.25.